The van der Waals surface area contributed by atoms with Crippen molar-refractivity contribution in [3.8, 4) is 11.3 Å². The summed E-state index contributed by atoms with van der Waals surface area (Å²) >= 11 is 0. The summed E-state index contributed by atoms with van der Waals surface area (Å²) in [6.45, 7) is 6.18. The molecule has 1 aromatic heterocycles. The van der Waals surface area contributed by atoms with Gasteiger partial charge in [0.25, 0.3) is 5.91 Å². The van der Waals surface area contributed by atoms with Gasteiger partial charge in [-0.3, -0.25) is 4.79 Å². The summed E-state index contributed by atoms with van der Waals surface area (Å²) < 4.78 is 0. The molecule has 1 aliphatic rings. The third-order valence-corrected chi connectivity index (χ3v) is 5.73. The van der Waals surface area contributed by atoms with Crippen molar-refractivity contribution in [2.75, 3.05) is 13.1 Å². The predicted octanol–water partition coefficient (Wildman–Crippen LogP) is 6.12. The van der Waals surface area contributed by atoms with Crippen molar-refractivity contribution >= 4 is 16.8 Å². The maximum absolute atomic E-state index is 13.4. The van der Waals surface area contributed by atoms with Crippen molar-refractivity contribution in [2.24, 2.45) is 5.92 Å². The van der Waals surface area contributed by atoms with Gasteiger partial charge in [-0.05, 0) is 42.9 Å². The Labute approximate surface area is 173 Å². The standard InChI is InChI=1S/C26H30N2O/c1-19(2)17-20-11-13-21(14-12-20)25-18-23(22-9-5-6-10-24(22)27-25)26(29)28-15-7-3-4-8-16-28/h5-6,9-14,18-19H,3-4,7-8,15-17H2,1-2H3. The molecule has 1 saturated heterocycles. The average Bonchev–Trinajstić information content (AvgIpc) is 3.02. The normalized spacial score (nSPS) is 14.9. The SMILES string of the molecule is CC(C)Cc1ccc(-c2cc(C(=O)N3CCCCCC3)c3ccccc3n2)cc1. The summed E-state index contributed by atoms with van der Waals surface area (Å²) in [6.07, 6.45) is 5.70. The van der Waals surface area contributed by atoms with Gasteiger partial charge >= 0.3 is 0 Å². The van der Waals surface area contributed by atoms with E-state index in [2.05, 4.69) is 38.1 Å². The van der Waals surface area contributed by atoms with Gasteiger partial charge < -0.3 is 4.90 Å². The Hall–Kier alpha value is -2.68. The van der Waals surface area contributed by atoms with Gasteiger partial charge in [0, 0.05) is 24.0 Å². The third kappa shape index (κ3) is 4.50. The molecule has 2 heterocycles. The fourth-order valence-corrected chi connectivity index (χ4v) is 4.23. The van der Waals surface area contributed by atoms with Gasteiger partial charge in [-0.25, -0.2) is 4.98 Å². The Balaban J connectivity index is 1.73. The highest BCUT2D eigenvalue weighted by molar-refractivity contribution is 6.07. The number of carbonyl (C=O) groups is 1. The van der Waals surface area contributed by atoms with Gasteiger partial charge in [0.2, 0.25) is 0 Å². The van der Waals surface area contributed by atoms with E-state index < -0.39 is 0 Å². The van der Waals surface area contributed by atoms with E-state index in [9.17, 15) is 4.79 Å². The number of fused-ring (bicyclic) bond motifs is 1. The molecule has 3 nitrogen and oxygen atoms in total. The number of likely N-dealkylation sites (tertiary alicyclic amines) is 1. The van der Waals surface area contributed by atoms with Crippen LogP contribution in [0, 0.1) is 5.92 Å². The first-order valence-electron chi connectivity index (χ1n) is 10.9. The lowest BCUT2D eigenvalue weighted by molar-refractivity contribution is 0.0763. The van der Waals surface area contributed by atoms with Crippen LogP contribution in [-0.4, -0.2) is 28.9 Å². The van der Waals surface area contributed by atoms with E-state index in [1.807, 2.05) is 35.2 Å². The second-order valence-electron chi connectivity index (χ2n) is 8.57. The maximum Gasteiger partial charge on any atom is 0.254 e. The predicted molar refractivity (Wildman–Crippen MR) is 120 cm³/mol. The minimum atomic E-state index is 0.142. The first-order chi connectivity index (χ1) is 14.1. The smallest absolute Gasteiger partial charge is 0.254 e. The van der Waals surface area contributed by atoms with Crippen LogP contribution in [0.15, 0.2) is 54.6 Å². The quantitative estimate of drug-likeness (QED) is 0.541. The summed E-state index contributed by atoms with van der Waals surface area (Å²) in [6, 6.07) is 18.6. The molecule has 0 spiro atoms. The van der Waals surface area contributed by atoms with Crippen LogP contribution in [0.25, 0.3) is 22.2 Å². The Kier molecular flexibility index (Phi) is 5.94. The summed E-state index contributed by atoms with van der Waals surface area (Å²) in [5.74, 6) is 0.778. The zero-order chi connectivity index (χ0) is 20.2. The molecule has 3 aromatic rings. The molecule has 1 amide bonds. The summed E-state index contributed by atoms with van der Waals surface area (Å²) in [5, 5.41) is 0.946. The molecule has 0 radical (unpaired) electrons. The molecule has 0 saturated carbocycles. The number of rotatable bonds is 4. The molecule has 0 unspecified atom stereocenters. The van der Waals surface area contributed by atoms with Crippen LogP contribution < -0.4 is 0 Å². The highest BCUT2D eigenvalue weighted by Gasteiger charge is 2.21. The molecule has 4 rings (SSSR count). The van der Waals surface area contributed by atoms with Crippen LogP contribution in [0.3, 0.4) is 0 Å². The first kappa shape index (κ1) is 19.6. The fraction of sp³-hybridized carbons (Fsp3) is 0.385. The largest absolute Gasteiger partial charge is 0.339 e. The van der Waals surface area contributed by atoms with Crippen molar-refractivity contribution in [2.45, 2.75) is 46.0 Å². The lowest BCUT2D eigenvalue weighted by atomic mass is 9.99. The highest BCUT2D eigenvalue weighted by Crippen LogP contribution is 2.27. The molecule has 1 aliphatic heterocycles. The summed E-state index contributed by atoms with van der Waals surface area (Å²) in [4.78, 5) is 20.3. The lowest BCUT2D eigenvalue weighted by Crippen LogP contribution is -2.32. The number of amides is 1. The highest BCUT2D eigenvalue weighted by atomic mass is 16.2. The van der Waals surface area contributed by atoms with Gasteiger partial charge in [-0.1, -0.05) is 69.2 Å². The number of benzene rings is 2. The molecule has 3 heteroatoms. The monoisotopic (exact) mass is 386 g/mol. The second kappa shape index (κ2) is 8.77. The van der Waals surface area contributed by atoms with Gasteiger partial charge in [0.1, 0.15) is 0 Å². The Bertz CT molecular complexity index is 983. The molecule has 0 bridgehead atoms. The zero-order valence-electron chi connectivity index (χ0n) is 17.5. The number of hydrogen-bond donors (Lipinski definition) is 0. The van der Waals surface area contributed by atoms with Gasteiger partial charge in [-0.2, -0.15) is 0 Å². The third-order valence-electron chi connectivity index (χ3n) is 5.73. The van der Waals surface area contributed by atoms with Crippen molar-refractivity contribution in [3.05, 3.63) is 65.7 Å². The van der Waals surface area contributed by atoms with Crippen LogP contribution >= 0.6 is 0 Å². The molecule has 0 aliphatic carbocycles. The van der Waals surface area contributed by atoms with E-state index in [0.29, 0.717) is 5.92 Å². The topological polar surface area (TPSA) is 33.2 Å². The molecule has 2 aromatic carbocycles. The molecular formula is C26H30N2O. The van der Waals surface area contributed by atoms with E-state index in [0.717, 1.165) is 60.1 Å². The second-order valence-corrected chi connectivity index (χ2v) is 8.57. The number of nitrogens with zero attached hydrogens (tertiary/aromatic N) is 2. The summed E-state index contributed by atoms with van der Waals surface area (Å²) in [7, 11) is 0. The number of carbonyl (C=O) groups excluding carboxylic acids is 1. The molecule has 150 valence electrons. The van der Waals surface area contributed by atoms with Crippen molar-refractivity contribution in [1.82, 2.24) is 9.88 Å². The van der Waals surface area contributed by atoms with Crippen molar-refractivity contribution < 1.29 is 4.79 Å². The van der Waals surface area contributed by atoms with Crippen LogP contribution in [0.4, 0.5) is 0 Å². The van der Waals surface area contributed by atoms with E-state index in [1.165, 1.54) is 18.4 Å². The van der Waals surface area contributed by atoms with Crippen LogP contribution in [0.1, 0.15) is 55.5 Å². The van der Waals surface area contributed by atoms with Gasteiger partial charge in [0.15, 0.2) is 0 Å². The Morgan fingerprint density at radius 1 is 0.966 bits per heavy atom. The maximum atomic E-state index is 13.4. The molecule has 29 heavy (non-hydrogen) atoms. The lowest BCUT2D eigenvalue weighted by Gasteiger charge is -2.21. The number of para-hydroxylation sites is 1. The zero-order valence-corrected chi connectivity index (χ0v) is 17.5. The first-order valence-corrected chi connectivity index (χ1v) is 10.9. The average molecular weight is 387 g/mol. The fourth-order valence-electron chi connectivity index (χ4n) is 4.23. The van der Waals surface area contributed by atoms with Gasteiger partial charge in [0.05, 0.1) is 16.8 Å². The Morgan fingerprint density at radius 2 is 1.66 bits per heavy atom. The van der Waals surface area contributed by atoms with Crippen LogP contribution in [0.2, 0.25) is 0 Å². The molecule has 0 N–H and O–H groups in total. The Morgan fingerprint density at radius 3 is 2.34 bits per heavy atom. The minimum absolute atomic E-state index is 0.142. The van der Waals surface area contributed by atoms with Crippen molar-refractivity contribution in [3.63, 3.8) is 0 Å². The van der Waals surface area contributed by atoms with Crippen LogP contribution in [-0.2, 0) is 6.42 Å². The van der Waals surface area contributed by atoms with E-state index in [-0.39, 0.29) is 5.91 Å². The summed E-state index contributed by atoms with van der Waals surface area (Å²) in [5.41, 5.74) is 4.93. The van der Waals surface area contributed by atoms with Gasteiger partial charge in [-0.15, -0.1) is 0 Å². The molecule has 1 fully saturated rings. The molecular weight excluding hydrogens is 356 g/mol. The van der Waals surface area contributed by atoms with E-state index in [4.69, 9.17) is 4.98 Å². The number of pyridine rings is 1. The van der Waals surface area contributed by atoms with E-state index in [1.54, 1.807) is 0 Å². The minimum Gasteiger partial charge on any atom is -0.339 e. The van der Waals surface area contributed by atoms with E-state index >= 15 is 0 Å². The van der Waals surface area contributed by atoms with Crippen molar-refractivity contribution in [1.29, 1.82) is 0 Å². The number of aromatic nitrogens is 1. The number of hydrogen-bond acceptors (Lipinski definition) is 2. The van der Waals surface area contributed by atoms with Crippen LogP contribution in [0.5, 0.6) is 0 Å². The molecule has 0 atom stereocenters.